The number of nitrogens with zero attached hydrogens (tertiary/aromatic N) is 1. The molecular weight excluding hydrogens is 202 g/mol. The van der Waals surface area contributed by atoms with E-state index in [1.54, 1.807) is 0 Å². The quantitative estimate of drug-likeness (QED) is 0.675. The van der Waals surface area contributed by atoms with Gasteiger partial charge in [0.05, 0.1) is 5.92 Å². The Morgan fingerprint density at radius 1 is 1.25 bits per heavy atom. The second-order valence-corrected chi connectivity index (χ2v) is 6.08. The molecule has 0 aromatic carbocycles. The van der Waals surface area contributed by atoms with Gasteiger partial charge in [0.25, 0.3) is 0 Å². The third-order valence-corrected chi connectivity index (χ3v) is 3.70. The van der Waals surface area contributed by atoms with E-state index in [0.717, 1.165) is 19.4 Å². The molecule has 3 nitrogen and oxygen atoms in total. The molecule has 92 valence electrons. The van der Waals surface area contributed by atoms with Gasteiger partial charge in [-0.1, -0.05) is 6.92 Å². The van der Waals surface area contributed by atoms with Gasteiger partial charge >= 0.3 is 5.97 Å². The second-order valence-electron chi connectivity index (χ2n) is 6.08. The molecule has 0 aromatic heterocycles. The molecule has 0 amide bonds. The van der Waals surface area contributed by atoms with Gasteiger partial charge in [0.1, 0.15) is 5.60 Å². The summed E-state index contributed by atoms with van der Waals surface area (Å²) in [7, 11) is 0. The summed E-state index contributed by atoms with van der Waals surface area (Å²) < 4.78 is 5.46. The molecule has 2 saturated heterocycles. The van der Waals surface area contributed by atoms with Crippen LogP contribution in [-0.2, 0) is 9.53 Å². The van der Waals surface area contributed by atoms with Crippen molar-refractivity contribution < 1.29 is 9.53 Å². The zero-order chi connectivity index (χ0) is 11.9. The molecule has 3 fully saturated rings. The number of ether oxygens (including phenoxy) is 1. The highest BCUT2D eigenvalue weighted by molar-refractivity contribution is 5.73. The molecule has 0 radical (unpaired) electrons. The first-order valence-corrected chi connectivity index (χ1v) is 6.39. The highest BCUT2D eigenvalue weighted by atomic mass is 16.6. The predicted molar refractivity (Wildman–Crippen MR) is 63.1 cm³/mol. The third-order valence-electron chi connectivity index (χ3n) is 3.70. The summed E-state index contributed by atoms with van der Waals surface area (Å²) in [6.45, 7) is 9.13. The second kappa shape index (κ2) is 4.02. The van der Waals surface area contributed by atoms with Crippen LogP contribution in [0.1, 0.15) is 47.0 Å². The minimum atomic E-state index is -0.344. The number of fused-ring (bicyclic) bond motifs is 2. The number of esters is 1. The number of hydrogen-bond donors (Lipinski definition) is 0. The van der Waals surface area contributed by atoms with E-state index in [9.17, 15) is 4.79 Å². The highest BCUT2D eigenvalue weighted by Gasteiger charge is 2.47. The Labute approximate surface area is 98.1 Å². The molecule has 1 unspecified atom stereocenters. The third kappa shape index (κ3) is 2.24. The first kappa shape index (κ1) is 11.9. The number of hydrogen-bond acceptors (Lipinski definition) is 3. The first-order valence-electron chi connectivity index (χ1n) is 6.39. The summed E-state index contributed by atoms with van der Waals surface area (Å²) in [5.41, 5.74) is -0.344. The summed E-state index contributed by atoms with van der Waals surface area (Å²) in [5, 5.41) is 0. The largest absolute Gasteiger partial charge is 0.460 e. The van der Waals surface area contributed by atoms with E-state index < -0.39 is 0 Å². The lowest BCUT2D eigenvalue weighted by Gasteiger charge is -2.54. The van der Waals surface area contributed by atoms with Crippen molar-refractivity contribution >= 4 is 5.97 Å². The van der Waals surface area contributed by atoms with Crippen molar-refractivity contribution in [2.75, 3.05) is 6.54 Å². The van der Waals surface area contributed by atoms with E-state index in [1.807, 2.05) is 20.8 Å². The number of rotatable bonds is 2. The van der Waals surface area contributed by atoms with Crippen molar-refractivity contribution in [2.24, 2.45) is 5.92 Å². The van der Waals surface area contributed by atoms with Gasteiger partial charge in [0.2, 0.25) is 0 Å². The van der Waals surface area contributed by atoms with Crippen LogP contribution in [0.15, 0.2) is 0 Å². The Hall–Kier alpha value is -0.570. The first-order chi connectivity index (χ1) is 7.40. The van der Waals surface area contributed by atoms with Crippen molar-refractivity contribution in [3.05, 3.63) is 0 Å². The van der Waals surface area contributed by atoms with Gasteiger partial charge in [-0.15, -0.1) is 0 Å². The molecule has 3 aliphatic rings. The lowest BCUT2D eigenvalue weighted by molar-refractivity contribution is -0.167. The highest BCUT2D eigenvalue weighted by Crippen LogP contribution is 2.41. The fourth-order valence-electron chi connectivity index (χ4n) is 3.06. The Balaban J connectivity index is 1.88. The van der Waals surface area contributed by atoms with Gasteiger partial charge in [0.15, 0.2) is 0 Å². The van der Waals surface area contributed by atoms with Crippen LogP contribution in [-0.4, -0.2) is 35.1 Å². The molecule has 0 N–H and O–H groups in total. The molecule has 2 aliphatic heterocycles. The molecule has 1 saturated carbocycles. The minimum absolute atomic E-state index is 0.0120. The van der Waals surface area contributed by atoms with E-state index in [1.165, 1.54) is 6.42 Å². The summed E-state index contributed by atoms with van der Waals surface area (Å²) >= 11 is 0. The van der Waals surface area contributed by atoms with Crippen molar-refractivity contribution in [3.63, 3.8) is 0 Å². The van der Waals surface area contributed by atoms with Gasteiger partial charge < -0.3 is 4.74 Å². The van der Waals surface area contributed by atoms with Crippen LogP contribution >= 0.6 is 0 Å². The van der Waals surface area contributed by atoms with Crippen LogP contribution in [0.25, 0.3) is 0 Å². The molecule has 0 aromatic rings. The Kier molecular flexibility index (Phi) is 2.99. The molecule has 1 aliphatic carbocycles. The fourth-order valence-corrected chi connectivity index (χ4v) is 3.06. The molecule has 0 spiro atoms. The smallest absolute Gasteiger partial charge is 0.309 e. The summed E-state index contributed by atoms with van der Waals surface area (Å²) in [5.74, 6) is 0.156. The average molecular weight is 225 g/mol. The fraction of sp³-hybridized carbons (Fsp3) is 0.923. The molecular formula is C13H23NO2. The van der Waals surface area contributed by atoms with E-state index in [2.05, 4.69) is 11.8 Å². The summed E-state index contributed by atoms with van der Waals surface area (Å²) in [6, 6.07) is 1.28. The predicted octanol–water partition coefficient (Wildman–Crippen LogP) is 2.20. The Morgan fingerprint density at radius 2 is 1.81 bits per heavy atom. The molecule has 16 heavy (non-hydrogen) atoms. The van der Waals surface area contributed by atoms with Crippen LogP contribution in [0, 0.1) is 5.92 Å². The van der Waals surface area contributed by atoms with Gasteiger partial charge in [0, 0.05) is 12.1 Å². The maximum absolute atomic E-state index is 11.9. The standard InChI is InChI=1S/C13H23NO2/c1-5-14-10-6-9(7-11(14)8-10)12(15)16-13(2,3)4/h9-11H,5-8H2,1-4H3/t9?,10-,11+. The van der Waals surface area contributed by atoms with E-state index in [-0.39, 0.29) is 17.5 Å². The monoisotopic (exact) mass is 225 g/mol. The van der Waals surface area contributed by atoms with Crippen molar-refractivity contribution in [1.29, 1.82) is 0 Å². The normalized spacial score (nSPS) is 34.4. The maximum Gasteiger partial charge on any atom is 0.309 e. The summed E-state index contributed by atoms with van der Waals surface area (Å²) in [4.78, 5) is 14.4. The maximum atomic E-state index is 11.9. The SMILES string of the molecule is CCN1[C@@H]2CC(C(=O)OC(C)(C)C)C[C@H]1C2. The number of carbonyl (C=O) groups is 1. The lowest BCUT2D eigenvalue weighted by atomic mass is 9.73. The van der Waals surface area contributed by atoms with E-state index >= 15 is 0 Å². The molecule has 3 heteroatoms. The van der Waals surface area contributed by atoms with Gasteiger partial charge in [-0.3, -0.25) is 9.69 Å². The van der Waals surface area contributed by atoms with Crippen LogP contribution < -0.4 is 0 Å². The number of carbonyl (C=O) groups excluding carboxylic acids is 1. The zero-order valence-electron chi connectivity index (χ0n) is 10.8. The van der Waals surface area contributed by atoms with E-state index in [0.29, 0.717) is 12.1 Å². The number of piperidine rings is 1. The Bertz CT molecular complexity index is 270. The van der Waals surface area contributed by atoms with Gasteiger partial charge in [-0.2, -0.15) is 0 Å². The minimum Gasteiger partial charge on any atom is -0.460 e. The van der Waals surface area contributed by atoms with Crippen molar-refractivity contribution in [1.82, 2.24) is 4.90 Å². The van der Waals surface area contributed by atoms with Crippen LogP contribution in [0.5, 0.6) is 0 Å². The van der Waals surface area contributed by atoms with Gasteiger partial charge in [-0.25, -0.2) is 0 Å². The average Bonchev–Trinajstić information content (AvgIpc) is 2.16. The molecule has 2 bridgehead atoms. The van der Waals surface area contributed by atoms with Crippen LogP contribution in [0.4, 0.5) is 0 Å². The molecule has 3 rings (SSSR count). The van der Waals surface area contributed by atoms with E-state index in [4.69, 9.17) is 4.74 Å². The van der Waals surface area contributed by atoms with Crippen molar-refractivity contribution in [3.8, 4) is 0 Å². The van der Waals surface area contributed by atoms with Gasteiger partial charge in [-0.05, 0) is 46.6 Å². The van der Waals surface area contributed by atoms with Crippen LogP contribution in [0.2, 0.25) is 0 Å². The lowest BCUT2D eigenvalue weighted by Crippen LogP contribution is -2.61. The zero-order valence-corrected chi connectivity index (χ0v) is 10.8. The molecule has 2 heterocycles. The molecule has 3 atom stereocenters. The van der Waals surface area contributed by atoms with Crippen molar-refractivity contribution in [2.45, 2.75) is 64.6 Å². The summed E-state index contributed by atoms with van der Waals surface area (Å²) in [6.07, 6.45) is 3.28. The topological polar surface area (TPSA) is 29.5 Å². The Morgan fingerprint density at radius 3 is 2.25 bits per heavy atom. The van der Waals surface area contributed by atoms with Crippen LogP contribution in [0.3, 0.4) is 0 Å².